The molecule has 1 amide bonds. The van der Waals surface area contributed by atoms with Gasteiger partial charge in [-0.2, -0.15) is 0 Å². The van der Waals surface area contributed by atoms with Crippen molar-refractivity contribution in [3.63, 3.8) is 0 Å². The number of carbonyl (C=O) groups excluding carboxylic acids is 2. The Kier molecular flexibility index (Phi) is 16.1. The molecular formula is C41H57ClN4O2. The van der Waals surface area contributed by atoms with Gasteiger partial charge in [0.15, 0.2) is 0 Å². The third-order valence-electron chi connectivity index (χ3n) is 10.0. The van der Waals surface area contributed by atoms with Crippen LogP contribution in [0.3, 0.4) is 0 Å². The Morgan fingerprint density at radius 1 is 0.812 bits per heavy atom. The van der Waals surface area contributed by atoms with Gasteiger partial charge in [-0.25, -0.2) is 0 Å². The van der Waals surface area contributed by atoms with Crippen molar-refractivity contribution in [2.75, 3.05) is 52.9 Å². The Morgan fingerprint density at radius 3 is 2.08 bits per heavy atom. The molecule has 0 saturated carbocycles. The van der Waals surface area contributed by atoms with Crippen molar-refractivity contribution in [1.29, 1.82) is 0 Å². The molecule has 7 heteroatoms. The number of aldehydes is 1. The Morgan fingerprint density at radius 2 is 1.46 bits per heavy atom. The molecule has 6 nitrogen and oxygen atoms in total. The lowest BCUT2D eigenvalue weighted by Crippen LogP contribution is -2.46. The number of likely N-dealkylation sites (N-methyl/N-ethyl adjacent to an activating group) is 1. The van der Waals surface area contributed by atoms with Gasteiger partial charge < -0.3 is 19.9 Å². The predicted octanol–water partition coefficient (Wildman–Crippen LogP) is 7.25. The monoisotopic (exact) mass is 672 g/mol. The van der Waals surface area contributed by atoms with Crippen molar-refractivity contribution >= 4 is 23.8 Å². The summed E-state index contributed by atoms with van der Waals surface area (Å²) in [6.07, 6.45) is 9.13. The van der Waals surface area contributed by atoms with Crippen LogP contribution >= 0.6 is 11.6 Å². The maximum absolute atomic E-state index is 12.7. The lowest BCUT2D eigenvalue weighted by Gasteiger charge is -2.39. The van der Waals surface area contributed by atoms with E-state index in [2.05, 4.69) is 76.5 Å². The number of nitrogens with one attached hydrogen (secondary N) is 1. The molecule has 0 spiro atoms. The highest BCUT2D eigenvalue weighted by molar-refractivity contribution is 6.30. The van der Waals surface area contributed by atoms with E-state index in [0.29, 0.717) is 23.9 Å². The van der Waals surface area contributed by atoms with E-state index in [1.807, 2.05) is 31.2 Å². The van der Waals surface area contributed by atoms with E-state index < -0.39 is 6.04 Å². The summed E-state index contributed by atoms with van der Waals surface area (Å²) in [7, 11) is 2.24. The highest BCUT2D eigenvalue weighted by Crippen LogP contribution is 2.26. The van der Waals surface area contributed by atoms with Crippen LogP contribution in [0.15, 0.2) is 78.9 Å². The molecule has 2 aliphatic rings. The van der Waals surface area contributed by atoms with Crippen molar-refractivity contribution in [3.8, 4) is 0 Å². The summed E-state index contributed by atoms with van der Waals surface area (Å²) in [6, 6.07) is 26.8. The summed E-state index contributed by atoms with van der Waals surface area (Å²) in [5.74, 6) is -0.208. The second kappa shape index (κ2) is 20.5. The van der Waals surface area contributed by atoms with Crippen LogP contribution in [0.4, 0.5) is 0 Å². The number of piperidine rings is 1. The zero-order chi connectivity index (χ0) is 34.1. The van der Waals surface area contributed by atoms with Gasteiger partial charge in [0.2, 0.25) is 5.91 Å². The fourth-order valence-corrected chi connectivity index (χ4v) is 7.08. The number of carbonyl (C=O) groups is 2. The minimum absolute atomic E-state index is 0.0653. The molecule has 2 saturated heterocycles. The SMILES string of the molecule is CCc1ccccc1CC(CC)C(=O)NC(C=O)Cc1ccc(Cl)cc1.CN1CCN(C(CCN2CCCCC2)c2ccccc2)CC1. The summed E-state index contributed by atoms with van der Waals surface area (Å²) < 4.78 is 0. The van der Waals surface area contributed by atoms with Gasteiger partial charge in [0.25, 0.3) is 0 Å². The second-order valence-electron chi connectivity index (χ2n) is 13.5. The van der Waals surface area contributed by atoms with E-state index in [4.69, 9.17) is 11.6 Å². The Hall–Kier alpha value is -3.03. The molecule has 3 aromatic rings. The Labute approximate surface area is 294 Å². The molecule has 48 heavy (non-hydrogen) atoms. The van der Waals surface area contributed by atoms with Crippen LogP contribution < -0.4 is 5.32 Å². The minimum Gasteiger partial charge on any atom is -0.346 e. The van der Waals surface area contributed by atoms with E-state index in [1.54, 1.807) is 12.1 Å². The average molecular weight is 673 g/mol. The Bertz CT molecular complexity index is 1350. The summed E-state index contributed by atoms with van der Waals surface area (Å²) >= 11 is 5.89. The maximum atomic E-state index is 12.7. The molecule has 0 aliphatic carbocycles. The van der Waals surface area contributed by atoms with Crippen molar-refractivity contribution in [3.05, 3.63) is 106 Å². The van der Waals surface area contributed by atoms with Gasteiger partial charge in [0.05, 0.1) is 6.04 Å². The zero-order valence-electron chi connectivity index (χ0n) is 29.5. The summed E-state index contributed by atoms with van der Waals surface area (Å²) in [5.41, 5.74) is 4.95. The van der Waals surface area contributed by atoms with Crippen molar-refractivity contribution < 1.29 is 9.59 Å². The maximum Gasteiger partial charge on any atom is 0.224 e. The number of likely N-dealkylation sites (tertiary alicyclic amines) is 1. The van der Waals surface area contributed by atoms with Crippen molar-refractivity contribution in [2.24, 2.45) is 5.92 Å². The number of nitrogens with zero attached hydrogens (tertiary/aromatic N) is 3. The van der Waals surface area contributed by atoms with E-state index in [-0.39, 0.29) is 11.8 Å². The molecule has 5 rings (SSSR count). The van der Waals surface area contributed by atoms with E-state index >= 15 is 0 Å². The standard InChI is InChI=1S/C22H26ClNO2.C19H31N3/c1-3-17-7-5-6-8-19(17)14-18(4-2)22(26)24-21(15-25)13-16-9-11-20(23)12-10-16;1-20-14-16-22(17-15-20)19(18-8-4-2-5-9-18)10-13-21-11-6-3-7-12-21/h5-12,15,18,21H,3-4,13-14H2,1-2H3,(H,24,26);2,4-5,8-9,19H,3,6-7,10-17H2,1H3. The van der Waals surface area contributed by atoms with E-state index in [0.717, 1.165) is 24.7 Å². The number of benzene rings is 3. The van der Waals surface area contributed by atoms with Gasteiger partial charge in [-0.3, -0.25) is 9.69 Å². The molecule has 2 heterocycles. The number of rotatable bonds is 14. The van der Waals surface area contributed by atoms with Crippen LogP contribution in [-0.4, -0.2) is 85.8 Å². The summed E-state index contributed by atoms with van der Waals surface area (Å²) in [5, 5.41) is 3.55. The molecule has 1 N–H and O–H groups in total. The van der Waals surface area contributed by atoms with Crippen LogP contribution in [0.2, 0.25) is 5.02 Å². The van der Waals surface area contributed by atoms with Crippen LogP contribution in [0.1, 0.15) is 74.2 Å². The first-order valence-electron chi connectivity index (χ1n) is 18.2. The van der Waals surface area contributed by atoms with E-state index in [9.17, 15) is 9.59 Å². The van der Waals surface area contributed by atoms with Gasteiger partial charge in [-0.1, -0.05) is 98.6 Å². The third-order valence-corrected chi connectivity index (χ3v) is 10.3. The van der Waals surface area contributed by atoms with Crippen LogP contribution in [0.25, 0.3) is 0 Å². The van der Waals surface area contributed by atoms with Gasteiger partial charge in [-0.05, 0) is 106 Å². The molecule has 2 aliphatic heterocycles. The predicted molar refractivity (Wildman–Crippen MR) is 200 cm³/mol. The van der Waals surface area contributed by atoms with Gasteiger partial charge in [0, 0.05) is 43.2 Å². The van der Waals surface area contributed by atoms with Gasteiger partial charge in [-0.15, -0.1) is 0 Å². The normalized spacial score (nSPS) is 17.8. The van der Waals surface area contributed by atoms with Crippen molar-refractivity contribution in [2.45, 2.75) is 77.3 Å². The third kappa shape index (κ3) is 12.1. The average Bonchev–Trinajstić information content (AvgIpc) is 3.13. The quantitative estimate of drug-likeness (QED) is 0.183. The highest BCUT2D eigenvalue weighted by atomic mass is 35.5. The van der Waals surface area contributed by atoms with Gasteiger partial charge >= 0.3 is 0 Å². The number of halogens is 1. The molecule has 3 unspecified atom stereocenters. The van der Waals surface area contributed by atoms with Gasteiger partial charge in [0.1, 0.15) is 6.29 Å². The smallest absolute Gasteiger partial charge is 0.224 e. The lowest BCUT2D eigenvalue weighted by molar-refractivity contribution is -0.127. The number of hydrogen-bond donors (Lipinski definition) is 1. The fraction of sp³-hybridized carbons (Fsp3) is 0.512. The number of piperazine rings is 1. The first kappa shape index (κ1) is 37.8. The van der Waals surface area contributed by atoms with Crippen LogP contribution in [0, 0.1) is 5.92 Å². The Balaban J connectivity index is 0.000000219. The summed E-state index contributed by atoms with van der Waals surface area (Å²) in [6.45, 7) is 12.8. The largest absolute Gasteiger partial charge is 0.346 e. The number of aryl methyl sites for hydroxylation is 1. The summed E-state index contributed by atoms with van der Waals surface area (Å²) in [4.78, 5) is 32.0. The van der Waals surface area contributed by atoms with Crippen molar-refractivity contribution in [1.82, 2.24) is 20.0 Å². The molecule has 260 valence electrons. The molecule has 0 radical (unpaired) electrons. The topological polar surface area (TPSA) is 55.9 Å². The highest BCUT2D eigenvalue weighted by Gasteiger charge is 2.25. The van der Waals surface area contributed by atoms with E-state index in [1.165, 1.54) is 88.2 Å². The van der Waals surface area contributed by atoms with Crippen LogP contribution in [0.5, 0.6) is 0 Å². The molecular weight excluding hydrogens is 616 g/mol. The molecule has 3 atom stereocenters. The molecule has 2 fully saturated rings. The lowest BCUT2D eigenvalue weighted by atomic mass is 9.92. The number of hydrogen-bond acceptors (Lipinski definition) is 5. The molecule has 0 aromatic heterocycles. The fourth-order valence-electron chi connectivity index (χ4n) is 6.95. The second-order valence-corrected chi connectivity index (χ2v) is 13.9. The first-order chi connectivity index (χ1) is 23.4. The zero-order valence-corrected chi connectivity index (χ0v) is 30.2. The first-order valence-corrected chi connectivity index (χ1v) is 18.5. The molecule has 3 aromatic carbocycles. The molecule has 0 bridgehead atoms. The van der Waals surface area contributed by atoms with Crippen LogP contribution in [-0.2, 0) is 28.9 Å². The minimum atomic E-state index is -0.529. The number of amides is 1.